The van der Waals surface area contributed by atoms with E-state index in [9.17, 15) is 4.79 Å². The molecule has 4 rings (SSSR count). The molecule has 0 saturated heterocycles. The summed E-state index contributed by atoms with van der Waals surface area (Å²) in [4.78, 5) is 14.8. The van der Waals surface area contributed by atoms with Crippen LogP contribution >= 0.6 is 0 Å². The molecule has 4 aromatic rings. The lowest BCUT2D eigenvalue weighted by Gasteiger charge is -2.26. The zero-order chi connectivity index (χ0) is 21.1. The minimum atomic E-state index is -0.116. The number of nitrogens with zero attached hydrogens (tertiary/aromatic N) is 4. The van der Waals surface area contributed by atoms with E-state index in [2.05, 4.69) is 10.3 Å². The summed E-state index contributed by atoms with van der Waals surface area (Å²) in [6.07, 6.45) is 0. The highest BCUT2D eigenvalue weighted by molar-refractivity contribution is 5.94. The summed E-state index contributed by atoms with van der Waals surface area (Å²) in [6, 6.07) is 23.2. The van der Waals surface area contributed by atoms with E-state index in [1.54, 1.807) is 12.0 Å². The lowest BCUT2D eigenvalue weighted by Crippen LogP contribution is -2.29. The van der Waals surface area contributed by atoms with Crippen molar-refractivity contribution >= 4 is 16.9 Å². The number of hydrogen-bond donors (Lipinski definition) is 0. The van der Waals surface area contributed by atoms with Gasteiger partial charge in [0.15, 0.2) is 0 Å². The van der Waals surface area contributed by atoms with Crippen LogP contribution in [0.4, 0.5) is 0 Å². The molecule has 0 aliphatic heterocycles. The summed E-state index contributed by atoms with van der Waals surface area (Å²) >= 11 is 0. The van der Waals surface area contributed by atoms with Gasteiger partial charge in [-0.05, 0) is 42.8 Å². The molecule has 0 saturated carbocycles. The number of amides is 1. The summed E-state index contributed by atoms with van der Waals surface area (Å²) < 4.78 is 7.31. The number of fused-ring (bicyclic) bond motifs is 1. The first kappa shape index (κ1) is 19.6. The Hall–Kier alpha value is -3.67. The standard InChI is InChI=1S/C24H24N4O2/c1-17(20-8-4-7-11-23(20)30-3)27(2)24(29)19-14-12-18(13-15-19)16-28-22-10-6-5-9-21(22)25-26-28/h4-15,17H,16H2,1-3H3. The predicted octanol–water partition coefficient (Wildman–Crippen LogP) is 4.32. The van der Waals surface area contributed by atoms with Gasteiger partial charge in [0, 0.05) is 18.2 Å². The van der Waals surface area contributed by atoms with Crippen LogP contribution in [0.5, 0.6) is 5.75 Å². The summed E-state index contributed by atoms with van der Waals surface area (Å²) in [6.45, 7) is 2.60. The third-order valence-corrected chi connectivity index (χ3v) is 5.44. The van der Waals surface area contributed by atoms with Crippen molar-refractivity contribution in [3.8, 4) is 5.75 Å². The van der Waals surface area contributed by atoms with Crippen molar-refractivity contribution in [1.29, 1.82) is 0 Å². The van der Waals surface area contributed by atoms with Crippen LogP contribution in [0, 0.1) is 0 Å². The maximum atomic E-state index is 13.0. The van der Waals surface area contributed by atoms with Crippen molar-refractivity contribution in [2.24, 2.45) is 0 Å². The fraction of sp³-hybridized carbons (Fsp3) is 0.208. The van der Waals surface area contributed by atoms with Gasteiger partial charge in [-0.1, -0.05) is 47.7 Å². The second-order valence-electron chi connectivity index (χ2n) is 7.27. The molecule has 6 heteroatoms. The van der Waals surface area contributed by atoms with E-state index in [-0.39, 0.29) is 11.9 Å². The normalized spacial score (nSPS) is 12.0. The number of hydrogen-bond acceptors (Lipinski definition) is 4. The summed E-state index contributed by atoms with van der Waals surface area (Å²) in [5.41, 5.74) is 4.54. The third-order valence-electron chi connectivity index (χ3n) is 5.44. The minimum absolute atomic E-state index is 0.0360. The molecule has 1 atom stereocenters. The highest BCUT2D eigenvalue weighted by Crippen LogP contribution is 2.29. The van der Waals surface area contributed by atoms with Crippen molar-refractivity contribution in [3.63, 3.8) is 0 Å². The quantitative estimate of drug-likeness (QED) is 0.484. The Bertz CT molecular complexity index is 1170. The molecular formula is C24H24N4O2. The molecule has 1 unspecified atom stereocenters. The number of rotatable bonds is 6. The van der Waals surface area contributed by atoms with Crippen molar-refractivity contribution < 1.29 is 9.53 Å². The van der Waals surface area contributed by atoms with E-state index < -0.39 is 0 Å². The fourth-order valence-corrected chi connectivity index (χ4v) is 3.56. The number of ether oxygens (including phenoxy) is 1. The van der Waals surface area contributed by atoms with Crippen LogP contribution in [0.15, 0.2) is 72.8 Å². The molecule has 3 aromatic carbocycles. The summed E-state index contributed by atoms with van der Waals surface area (Å²) in [5.74, 6) is 0.742. The van der Waals surface area contributed by atoms with Crippen LogP contribution in [0.2, 0.25) is 0 Å². The SMILES string of the molecule is COc1ccccc1C(C)N(C)C(=O)c1ccc(Cn2nnc3ccccc32)cc1. The average Bonchev–Trinajstić information content (AvgIpc) is 3.21. The number of methoxy groups -OCH3 is 1. The fourth-order valence-electron chi connectivity index (χ4n) is 3.56. The van der Waals surface area contributed by atoms with Gasteiger partial charge in [-0.3, -0.25) is 4.79 Å². The van der Waals surface area contributed by atoms with E-state index in [1.807, 2.05) is 91.4 Å². The smallest absolute Gasteiger partial charge is 0.254 e. The molecule has 1 heterocycles. The van der Waals surface area contributed by atoms with Crippen molar-refractivity contribution in [2.75, 3.05) is 14.2 Å². The van der Waals surface area contributed by atoms with Crippen LogP contribution in [-0.2, 0) is 6.54 Å². The Morgan fingerprint density at radius 3 is 2.50 bits per heavy atom. The number of benzene rings is 3. The van der Waals surface area contributed by atoms with Gasteiger partial charge in [0.25, 0.3) is 5.91 Å². The molecule has 0 radical (unpaired) electrons. The Morgan fingerprint density at radius 2 is 1.73 bits per heavy atom. The first-order valence-electron chi connectivity index (χ1n) is 9.85. The molecule has 0 aliphatic carbocycles. The number of para-hydroxylation sites is 2. The molecule has 6 nitrogen and oxygen atoms in total. The van der Waals surface area contributed by atoms with E-state index >= 15 is 0 Å². The maximum absolute atomic E-state index is 13.0. The molecule has 0 fully saturated rings. The second-order valence-corrected chi connectivity index (χ2v) is 7.27. The molecule has 30 heavy (non-hydrogen) atoms. The topological polar surface area (TPSA) is 60.2 Å². The highest BCUT2D eigenvalue weighted by atomic mass is 16.5. The zero-order valence-electron chi connectivity index (χ0n) is 17.3. The Kier molecular flexibility index (Phi) is 5.48. The Labute approximate surface area is 175 Å². The van der Waals surface area contributed by atoms with Gasteiger partial charge in [-0.25, -0.2) is 4.68 Å². The summed E-state index contributed by atoms with van der Waals surface area (Å²) in [7, 11) is 3.46. The third kappa shape index (κ3) is 3.76. The number of carbonyl (C=O) groups is 1. The van der Waals surface area contributed by atoms with E-state index in [4.69, 9.17) is 4.74 Å². The second kappa shape index (κ2) is 8.37. The molecular weight excluding hydrogens is 376 g/mol. The van der Waals surface area contributed by atoms with Crippen LogP contribution in [0.3, 0.4) is 0 Å². The largest absolute Gasteiger partial charge is 0.496 e. The zero-order valence-corrected chi connectivity index (χ0v) is 17.3. The minimum Gasteiger partial charge on any atom is -0.496 e. The van der Waals surface area contributed by atoms with E-state index in [0.29, 0.717) is 12.1 Å². The van der Waals surface area contributed by atoms with Crippen LogP contribution in [-0.4, -0.2) is 40.0 Å². The first-order chi connectivity index (χ1) is 14.6. The Morgan fingerprint density at radius 1 is 1.03 bits per heavy atom. The Balaban J connectivity index is 1.50. The molecule has 0 spiro atoms. The van der Waals surface area contributed by atoms with Gasteiger partial charge in [-0.2, -0.15) is 0 Å². The van der Waals surface area contributed by atoms with Crippen LogP contribution < -0.4 is 4.74 Å². The van der Waals surface area contributed by atoms with Gasteiger partial charge in [0.2, 0.25) is 0 Å². The van der Waals surface area contributed by atoms with Crippen LogP contribution in [0.1, 0.15) is 34.5 Å². The summed E-state index contributed by atoms with van der Waals surface area (Å²) in [5, 5.41) is 8.42. The van der Waals surface area contributed by atoms with Gasteiger partial charge in [-0.15, -0.1) is 5.10 Å². The van der Waals surface area contributed by atoms with Gasteiger partial charge < -0.3 is 9.64 Å². The predicted molar refractivity (Wildman–Crippen MR) is 117 cm³/mol. The number of aromatic nitrogens is 3. The van der Waals surface area contributed by atoms with Crippen molar-refractivity contribution in [2.45, 2.75) is 19.5 Å². The van der Waals surface area contributed by atoms with Crippen molar-refractivity contribution in [3.05, 3.63) is 89.5 Å². The molecule has 0 bridgehead atoms. The molecule has 152 valence electrons. The number of carbonyl (C=O) groups excluding carboxylic acids is 1. The van der Waals surface area contributed by atoms with Gasteiger partial charge >= 0.3 is 0 Å². The average molecular weight is 400 g/mol. The van der Waals surface area contributed by atoms with Crippen molar-refractivity contribution in [1.82, 2.24) is 19.9 Å². The highest BCUT2D eigenvalue weighted by Gasteiger charge is 2.21. The lowest BCUT2D eigenvalue weighted by molar-refractivity contribution is 0.0741. The lowest BCUT2D eigenvalue weighted by atomic mass is 10.0. The molecule has 1 amide bonds. The maximum Gasteiger partial charge on any atom is 0.254 e. The molecule has 1 aromatic heterocycles. The van der Waals surface area contributed by atoms with Gasteiger partial charge in [0.05, 0.1) is 25.2 Å². The van der Waals surface area contributed by atoms with E-state index in [0.717, 1.165) is 27.9 Å². The van der Waals surface area contributed by atoms with E-state index in [1.165, 1.54) is 0 Å². The first-order valence-corrected chi connectivity index (χ1v) is 9.85. The monoisotopic (exact) mass is 400 g/mol. The molecule has 0 N–H and O–H groups in total. The van der Waals surface area contributed by atoms with Gasteiger partial charge in [0.1, 0.15) is 11.3 Å². The molecule has 0 aliphatic rings. The van der Waals surface area contributed by atoms with Crippen LogP contribution in [0.25, 0.3) is 11.0 Å².